The molecule has 0 fully saturated rings. The summed E-state index contributed by atoms with van der Waals surface area (Å²) in [5.74, 6) is 1.62. The molecule has 6 heteroatoms. The topological polar surface area (TPSA) is 71.5 Å². The van der Waals surface area contributed by atoms with Gasteiger partial charge in [-0.1, -0.05) is 0 Å². The third-order valence-electron chi connectivity index (χ3n) is 4.23. The van der Waals surface area contributed by atoms with Gasteiger partial charge in [0, 0.05) is 11.8 Å². The second-order valence-corrected chi connectivity index (χ2v) is 6.16. The minimum absolute atomic E-state index is 0.193. The number of ether oxygens (including phenoxy) is 1. The van der Waals surface area contributed by atoms with Crippen LogP contribution in [0.3, 0.4) is 0 Å². The molecule has 0 unspecified atom stereocenters. The van der Waals surface area contributed by atoms with E-state index in [2.05, 4.69) is 10.2 Å². The van der Waals surface area contributed by atoms with E-state index in [0.29, 0.717) is 11.5 Å². The van der Waals surface area contributed by atoms with Crippen molar-refractivity contribution in [3.8, 4) is 22.8 Å². The largest absolute Gasteiger partial charge is 0.508 e. The van der Waals surface area contributed by atoms with E-state index in [1.54, 1.807) is 31.4 Å². The van der Waals surface area contributed by atoms with Gasteiger partial charge in [0.1, 0.15) is 22.8 Å². The lowest BCUT2D eigenvalue weighted by atomic mass is 10.1. The number of aromatic hydroxyl groups is 1. The molecule has 6 nitrogen and oxygen atoms in total. The third kappa shape index (κ3) is 3.37. The number of imidazole rings is 1. The first-order valence-electron chi connectivity index (χ1n) is 8.48. The van der Waals surface area contributed by atoms with Crippen LogP contribution in [0.4, 0.5) is 11.5 Å². The Kier molecular flexibility index (Phi) is 4.30. The second kappa shape index (κ2) is 6.92. The maximum Gasteiger partial charge on any atom is 0.187 e. The highest BCUT2D eigenvalue weighted by Crippen LogP contribution is 2.33. The van der Waals surface area contributed by atoms with Crippen molar-refractivity contribution in [3.63, 3.8) is 0 Å². The molecule has 0 atom stereocenters. The normalized spacial score (nSPS) is 11.3. The third-order valence-corrected chi connectivity index (χ3v) is 4.23. The van der Waals surface area contributed by atoms with E-state index >= 15 is 0 Å². The van der Waals surface area contributed by atoms with Gasteiger partial charge < -0.3 is 9.84 Å². The molecule has 2 heterocycles. The summed E-state index contributed by atoms with van der Waals surface area (Å²) in [7, 11) is 1.64. The molecule has 1 N–H and O–H groups in total. The summed E-state index contributed by atoms with van der Waals surface area (Å²) >= 11 is 0. The van der Waals surface area contributed by atoms with Crippen LogP contribution in [0.15, 0.2) is 77.1 Å². The number of fused-ring (bicyclic) bond motifs is 1. The number of azo groups is 1. The Morgan fingerprint density at radius 2 is 1.70 bits per heavy atom. The Morgan fingerprint density at radius 1 is 0.963 bits per heavy atom. The molecule has 0 bridgehead atoms. The molecule has 0 aliphatic carbocycles. The summed E-state index contributed by atoms with van der Waals surface area (Å²) < 4.78 is 7.15. The lowest BCUT2D eigenvalue weighted by Gasteiger charge is -2.02. The molecule has 0 spiro atoms. The Labute approximate surface area is 156 Å². The number of rotatable bonds is 4. The zero-order chi connectivity index (χ0) is 18.8. The molecular weight excluding hydrogens is 340 g/mol. The van der Waals surface area contributed by atoms with Gasteiger partial charge in [0.25, 0.3) is 0 Å². The average Bonchev–Trinajstić information content (AvgIpc) is 3.05. The summed E-state index contributed by atoms with van der Waals surface area (Å²) in [6.07, 6.45) is 1.94. The van der Waals surface area contributed by atoms with Crippen LogP contribution in [0, 0.1) is 6.92 Å². The zero-order valence-electron chi connectivity index (χ0n) is 15.0. The Morgan fingerprint density at radius 3 is 2.41 bits per heavy atom. The quantitative estimate of drug-likeness (QED) is 0.494. The number of methoxy groups -OCH3 is 1. The van der Waals surface area contributed by atoms with Crippen molar-refractivity contribution in [2.45, 2.75) is 6.92 Å². The fraction of sp³-hybridized carbons (Fsp3) is 0.0952. The van der Waals surface area contributed by atoms with E-state index in [9.17, 15) is 5.11 Å². The van der Waals surface area contributed by atoms with E-state index < -0.39 is 0 Å². The predicted molar refractivity (Wildman–Crippen MR) is 104 cm³/mol. The van der Waals surface area contributed by atoms with Crippen molar-refractivity contribution in [2.24, 2.45) is 10.2 Å². The van der Waals surface area contributed by atoms with E-state index in [1.807, 2.05) is 53.9 Å². The van der Waals surface area contributed by atoms with Crippen molar-refractivity contribution >= 4 is 17.2 Å². The zero-order valence-corrected chi connectivity index (χ0v) is 15.0. The minimum atomic E-state index is 0.193. The van der Waals surface area contributed by atoms with Crippen LogP contribution < -0.4 is 4.74 Å². The number of nitrogens with zero attached hydrogens (tertiary/aromatic N) is 4. The molecule has 0 saturated heterocycles. The molecule has 0 aliphatic heterocycles. The maximum absolute atomic E-state index is 9.42. The SMILES string of the molecule is COc1ccc(-c2nc3cc(C)ccn3c2N=Nc2ccc(O)cc2)cc1. The highest BCUT2D eigenvalue weighted by Gasteiger charge is 2.14. The first kappa shape index (κ1) is 16.8. The maximum atomic E-state index is 9.42. The molecule has 4 aromatic rings. The fourth-order valence-corrected chi connectivity index (χ4v) is 2.80. The van der Waals surface area contributed by atoms with Crippen LogP contribution in [-0.4, -0.2) is 21.6 Å². The summed E-state index contributed by atoms with van der Waals surface area (Å²) in [5.41, 5.74) is 4.24. The average molecular weight is 358 g/mol. The Bertz CT molecular complexity index is 1110. The van der Waals surface area contributed by atoms with E-state index in [-0.39, 0.29) is 5.75 Å². The molecule has 4 rings (SSSR count). The Balaban J connectivity index is 1.84. The van der Waals surface area contributed by atoms with Crippen LogP contribution in [0.25, 0.3) is 16.9 Å². The molecule has 2 aromatic heterocycles. The number of benzene rings is 2. The number of aryl methyl sites for hydroxylation is 1. The van der Waals surface area contributed by atoms with Gasteiger partial charge in [-0.2, -0.15) is 0 Å². The van der Waals surface area contributed by atoms with Gasteiger partial charge in [0.2, 0.25) is 0 Å². The standard InChI is InChI=1S/C21H18N4O2/c1-14-11-12-25-19(13-14)22-20(15-3-9-18(27-2)10-4-15)21(25)24-23-16-5-7-17(26)8-6-16/h3-13,26H,1-2H3. The second-order valence-electron chi connectivity index (χ2n) is 6.16. The van der Waals surface area contributed by atoms with Crippen LogP contribution in [0.5, 0.6) is 11.5 Å². The number of hydrogen-bond donors (Lipinski definition) is 1. The van der Waals surface area contributed by atoms with Crippen LogP contribution in [-0.2, 0) is 0 Å². The molecule has 0 radical (unpaired) electrons. The van der Waals surface area contributed by atoms with Gasteiger partial charge in [-0.25, -0.2) is 4.98 Å². The predicted octanol–water partition coefficient (Wildman–Crippen LogP) is 5.44. The first-order chi connectivity index (χ1) is 13.1. The summed E-state index contributed by atoms with van der Waals surface area (Å²) in [5, 5.41) is 18.2. The number of phenolic OH excluding ortho intramolecular Hbond substituents is 1. The lowest BCUT2D eigenvalue weighted by molar-refractivity contribution is 0.415. The van der Waals surface area contributed by atoms with Gasteiger partial charge in [-0.3, -0.25) is 4.40 Å². The van der Waals surface area contributed by atoms with Crippen molar-refractivity contribution in [3.05, 3.63) is 72.4 Å². The van der Waals surface area contributed by atoms with Crippen molar-refractivity contribution in [1.82, 2.24) is 9.38 Å². The van der Waals surface area contributed by atoms with E-state index in [1.165, 1.54) is 0 Å². The molecule has 134 valence electrons. The van der Waals surface area contributed by atoms with Crippen LogP contribution >= 0.6 is 0 Å². The van der Waals surface area contributed by atoms with Gasteiger partial charge >= 0.3 is 0 Å². The van der Waals surface area contributed by atoms with Crippen molar-refractivity contribution in [2.75, 3.05) is 7.11 Å². The minimum Gasteiger partial charge on any atom is -0.508 e. The lowest BCUT2D eigenvalue weighted by Crippen LogP contribution is -1.84. The monoisotopic (exact) mass is 358 g/mol. The molecule has 0 amide bonds. The number of hydrogen-bond acceptors (Lipinski definition) is 5. The first-order valence-corrected chi connectivity index (χ1v) is 8.48. The molecule has 27 heavy (non-hydrogen) atoms. The summed E-state index contributed by atoms with van der Waals surface area (Å²) in [6, 6.07) is 18.3. The fourth-order valence-electron chi connectivity index (χ4n) is 2.80. The van der Waals surface area contributed by atoms with Crippen LogP contribution in [0.1, 0.15) is 5.56 Å². The molecule has 0 saturated carbocycles. The Hall–Kier alpha value is -3.67. The van der Waals surface area contributed by atoms with E-state index in [4.69, 9.17) is 9.72 Å². The van der Waals surface area contributed by atoms with Gasteiger partial charge in [-0.05, 0) is 73.2 Å². The van der Waals surface area contributed by atoms with Gasteiger partial charge in [-0.15, -0.1) is 10.2 Å². The van der Waals surface area contributed by atoms with Crippen molar-refractivity contribution in [1.29, 1.82) is 0 Å². The molecule has 0 aliphatic rings. The molecular formula is C21H18N4O2. The molecule has 2 aromatic carbocycles. The number of phenols is 1. The number of pyridine rings is 1. The highest BCUT2D eigenvalue weighted by atomic mass is 16.5. The highest BCUT2D eigenvalue weighted by molar-refractivity contribution is 5.75. The van der Waals surface area contributed by atoms with Crippen molar-refractivity contribution < 1.29 is 9.84 Å². The summed E-state index contributed by atoms with van der Waals surface area (Å²) in [4.78, 5) is 4.75. The van der Waals surface area contributed by atoms with E-state index in [0.717, 1.165) is 28.2 Å². The summed E-state index contributed by atoms with van der Waals surface area (Å²) in [6.45, 7) is 2.03. The number of aromatic nitrogens is 2. The van der Waals surface area contributed by atoms with Gasteiger partial charge in [0.15, 0.2) is 5.82 Å². The smallest absolute Gasteiger partial charge is 0.187 e. The van der Waals surface area contributed by atoms with Crippen LogP contribution in [0.2, 0.25) is 0 Å². The van der Waals surface area contributed by atoms with Gasteiger partial charge in [0.05, 0.1) is 12.8 Å².